The van der Waals surface area contributed by atoms with Crippen LogP contribution in [-0.4, -0.2) is 83.7 Å². The van der Waals surface area contributed by atoms with Gasteiger partial charge >= 0.3 is 0 Å². The highest BCUT2D eigenvalue weighted by Crippen LogP contribution is 2.45. The van der Waals surface area contributed by atoms with Crippen LogP contribution in [0.1, 0.15) is 84.6 Å². The van der Waals surface area contributed by atoms with E-state index in [4.69, 9.17) is 43.0 Å². The molecule has 2 unspecified atom stereocenters. The Morgan fingerprint density at radius 1 is 1.05 bits per heavy atom. The number of aliphatic hydroxyl groups excluding tert-OH is 1. The molecule has 1 aliphatic rings. The molecule has 5 rings (SSSR count). The fourth-order valence-electron chi connectivity index (χ4n) is 7.53. The lowest BCUT2D eigenvalue weighted by atomic mass is 9.84. The SMILES string of the molecule is CC1=CC(OCCCC(Cc2cn(C)c3ccc(C=O)cc23)c2ccc(Cl)c(-c3c(C)nc(CN(C)C)nc3C)c2N[C@H](C)CNC=O)CC(C)=C1Cl.CO. The van der Waals surface area contributed by atoms with Crippen LogP contribution >= 0.6 is 23.2 Å². The highest BCUT2D eigenvalue weighted by molar-refractivity contribution is 6.34. The molecule has 0 radical (unpaired) electrons. The summed E-state index contributed by atoms with van der Waals surface area (Å²) in [4.78, 5) is 35.0. The van der Waals surface area contributed by atoms with Crippen LogP contribution in [0.15, 0.2) is 58.8 Å². The van der Waals surface area contributed by atoms with Gasteiger partial charge in [0.1, 0.15) is 12.1 Å². The molecule has 1 amide bonds. The summed E-state index contributed by atoms with van der Waals surface area (Å²) in [7, 11) is 7.04. The molecule has 0 saturated carbocycles. The minimum Gasteiger partial charge on any atom is -0.400 e. The molecule has 3 N–H and O–H groups in total. The first-order valence-electron chi connectivity index (χ1n) is 18.7. The largest absolute Gasteiger partial charge is 0.400 e. The number of ether oxygens (including phenoxy) is 1. The van der Waals surface area contributed by atoms with E-state index in [0.29, 0.717) is 43.1 Å². The Labute approximate surface area is 336 Å². The number of carbonyl (C=O) groups is 2. The fraction of sp³-hybridized carbons (Fsp3) is 0.442. The Bertz CT molecular complexity index is 2020. The van der Waals surface area contributed by atoms with Crippen molar-refractivity contribution in [3.8, 4) is 11.1 Å². The monoisotopic (exact) mass is 790 g/mol. The van der Waals surface area contributed by atoms with Gasteiger partial charge in [-0.25, -0.2) is 9.97 Å². The van der Waals surface area contributed by atoms with Crippen molar-refractivity contribution in [2.75, 3.05) is 39.7 Å². The molecule has 10 nitrogen and oxygen atoms in total. The van der Waals surface area contributed by atoms with Crippen LogP contribution in [0, 0.1) is 13.8 Å². The number of nitrogens with zero attached hydrogens (tertiary/aromatic N) is 4. The van der Waals surface area contributed by atoms with Gasteiger partial charge in [0.25, 0.3) is 0 Å². The number of amides is 1. The summed E-state index contributed by atoms with van der Waals surface area (Å²) < 4.78 is 8.55. The van der Waals surface area contributed by atoms with Crippen molar-refractivity contribution in [3.63, 3.8) is 0 Å². The van der Waals surface area contributed by atoms with Crippen LogP contribution in [0.5, 0.6) is 0 Å². The smallest absolute Gasteiger partial charge is 0.207 e. The molecule has 2 aromatic carbocycles. The first-order chi connectivity index (χ1) is 26.3. The topological polar surface area (TPSA) is 122 Å². The molecule has 0 spiro atoms. The van der Waals surface area contributed by atoms with E-state index in [-0.39, 0.29) is 18.1 Å². The molecular formula is C43H56Cl2N6O4. The third kappa shape index (κ3) is 10.8. The van der Waals surface area contributed by atoms with Crippen molar-refractivity contribution < 1.29 is 19.4 Å². The van der Waals surface area contributed by atoms with E-state index in [9.17, 15) is 9.59 Å². The number of hydrogen-bond acceptors (Lipinski definition) is 8. The van der Waals surface area contributed by atoms with Gasteiger partial charge in [0.2, 0.25) is 6.41 Å². The molecule has 55 heavy (non-hydrogen) atoms. The summed E-state index contributed by atoms with van der Waals surface area (Å²) in [6.07, 6.45) is 9.02. The van der Waals surface area contributed by atoms with Crippen LogP contribution in [0.25, 0.3) is 22.0 Å². The first-order valence-corrected chi connectivity index (χ1v) is 19.4. The number of benzene rings is 2. The molecule has 1 aliphatic carbocycles. The molecular weight excluding hydrogens is 735 g/mol. The lowest BCUT2D eigenvalue weighted by Gasteiger charge is -2.28. The number of aldehydes is 1. The van der Waals surface area contributed by atoms with E-state index in [2.05, 4.69) is 45.4 Å². The third-order valence-corrected chi connectivity index (χ3v) is 10.9. The van der Waals surface area contributed by atoms with Gasteiger partial charge < -0.3 is 29.9 Å². The number of carbonyl (C=O) groups excluding carboxylic acids is 2. The summed E-state index contributed by atoms with van der Waals surface area (Å²) in [6.45, 7) is 11.8. The number of rotatable bonds is 17. The second-order valence-corrected chi connectivity index (χ2v) is 15.4. The van der Waals surface area contributed by atoms with Gasteiger partial charge in [0.15, 0.2) is 0 Å². The standard InChI is InChI=1S/C42H52Cl2N6O3.CH4O/c1-25-16-33(17-26(2)41(25)44)53-15-9-10-31(19-32-21-50(8)37-14-11-30(23-51)18-35(32)37)34-12-13-36(43)40(42(34)46-27(3)20-45-24-52)39-28(4)47-38(22-49(6)7)48-29(39)5;1-2/h11-14,16,18,21,23-24,27,31,33,46H,9-10,15,17,19-20,22H2,1-8H3,(H,45,52);2H,1H3/t27-,31?,33?;/m1./s1. The van der Waals surface area contributed by atoms with Crippen LogP contribution in [0.2, 0.25) is 5.02 Å². The number of aliphatic hydroxyl groups is 1. The van der Waals surface area contributed by atoms with Gasteiger partial charge in [-0.1, -0.05) is 40.9 Å². The van der Waals surface area contributed by atoms with E-state index in [0.717, 1.165) is 105 Å². The van der Waals surface area contributed by atoms with E-state index < -0.39 is 0 Å². The maximum Gasteiger partial charge on any atom is 0.207 e. The van der Waals surface area contributed by atoms with Crippen LogP contribution in [0.4, 0.5) is 5.69 Å². The van der Waals surface area contributed by atoms with Crippen LogP contribution in [-0.2, 0) is 29.5 Å². The summed E-state index contributed by atoms with van der Waals surface area (Å²) in [5.41, 5.74) is 10.5. The Morgan fingerprint density at radius 3 is 2.40 bits per heavy atom. The number of nitrogens with one attached hydrogen (secondary N) is 2. The van der Waals surface area contributed by atoms with Gasteiger partial charge in [0, 0.05) is 89.2 Å². The second-order valence-electron chi connectivity index (χ2n) is 14.6. The Morgan fingerprint density at radius 2 is 1.76 bits per heavy atom. The van der Waals surface area contributed by atoms with Crippen molar-refractivity contribution in [1.82, 2.24) is 24.8 Å². The van der Waals surface area contributed by atoms with Gasteiger partial charge in [-0.2, -0.15) is 0 Å². The highest BCUT2D eigenvalue weighted by Gasteiger charge is 2.26. The van der Waals surface area contributed by atoms with Crippen molar-refractivity contribution in [3.05, 3.63) is 97.7 Å². The van der Waals surface area contributed by atoms with Gasteiger partial charge in [0.05, 0.1) is 17.7 Å². The first kappa shape index (κ1) is 43.7. The van der Waals surface area contributed by atoms with Crippen LogP contribution in [0.3, 0.4) is 0 Å². The summed E-state index contributed by atoms with van der Waals surface area (Å²) >= 11 is 13.6. The second kappa shape index (κ2) is 20.2. The van der Waals surface area contributed by atoms with Crippen molar-refractivity contribution in [2.24, 2.45) is 7.05 Å². The number of aromatic nitrogens is 3. The lowest BCUT2D eigenvalue weighted by Crippen LogP contribution is -2.30. The summed E-state index contributed by atoms with van der Waals surface area (Å²) in [6, 6.07) is 9.83. The maximum absolute atomic E-state index is 11.8. The zero-order chi connectivity index (χ0) is 40.4. The van der Waals surface area contributed by atoms with Crippen molar-refractivity contribution in [1.29, 1.82) is 0 Å². The zero-order valence-electron chi connectivity index (χ0n) is 33.6. The van der Waals surface area contributed by atoms with Crippen molar-refractivity contribution >= 4 is 52.5 Å². The van der Waals surface area contributed by atoms with Crippen LogP contribution < -0.4 is 10.6 Å². The third-order valence-electron chi connectivity index (χ3n) is 9.94. The average Bonchev–Trinajstić information content (AvgIpc) is 3.45. The summed E-state index contributed by atoms with van der Waals surface area (Å²) in [5.74, 6) is 0.779. The van der Waals surface area contributed by atoms with Crippen molar-refractivity contribution in [2.45, 2.75) is 84.9 Å². The number of fused-ring (bicyclic) bond motifs is 1. The number of aryl methyl sites for hydroxylation is 3. The molecule has 2 heterocycles. The quantitative estimate of drug-likeness (QED) is 0.0722. The molecule has 0 fully saturated rings. The van der Waals surface area contributed by atoms with Gasteiger partial charge in [-0.15, -0.1) is 0 Å². The van der Waals surface area contributed by atoms with E-state index in [1.165, 1.54) is 0 Å². The molecule has 3 atom stereocenters. The molecule has 296 valence electrons. The average molecular weight is 792 g/mol. The Balaban J connectivity index is 0.00000331. The molecule has 0 saturated heterocycles. The minimum absolute atomic E-state index is 0.0114. The number of allylic oxidation sites excluding steroid dienone is 2. The highest BCUT2D eigenvalue weighted by atomic mass is 35.5. The maximum atomic E-state index is 11.8. The fourth-order valence-corrected chi connectivity index (χ4v) is 7.92. The molecule has 4 aromatic rings. The molecule has 12 heteroatoms. The predicted octanol–water partition coefficient (Wildman–Crippen LogP) is 8.29. The molecule has 2 aromatic heterocycles. The Hall–Kier alpha value is -4.06. The lowest BCUT2D eigenvalue weighted by molar-refractivity contribution is -0.109. The normalized spacial score (nSPS) is 15.4. The predicted molar refractivity (Wildman–Crippen MR) is 225 cm³/mol. The molecule has 0 aliphatic heterocycles. The Kier molecular flexibility index (Phi) is 16.0. The van der Waals surface area contributed by atoms with E-state index >= 15 is 0 Å². The van der Waals surface area contributed by atoms with E-state index in [1.807, 2.05) is 73.1 Å². The molecule has 0 bridgehead atoms. The van der Waals surface area contributed by atoms with Gasteiger partial charge in [-0.05, 0) is 121 Å². The minimum atomic E-state index is -0.119. The van der Waals surface area contributed by atoms with Gasteiger partial charge in [-0.3, -0.25) is 9.59 Å². The summed E-state index contributed by atoms with van der Waals surface area (Å²) in [5, 5.41) is 16.1. The zero-order valence-corrected chi connectivity index (χ0v) is 35.1. The number of anilines is 1. The van der Waals surface area contributed by atoms with E-state index in [1.54, 1.807) is 0 Å². The number of hydrogen-bond donors (Lipinski definition) is 3. The number of halogens is 2.